The van der Waals surface area contributed by atoms with Gasteiger partial charge in [-0.25, -0.2) is 0 Å². The average molecular weight is 552 g/mol. The normalized spacial score (nSPS) is 14.6. The molecule has 2 aromatic carbocycles. The molecule has 0 aliphatic rings. The summed E-state index contributed by atoms with van der Waals surface area (Å²) in [5.41, 5.74) is 3.13. The molecule has 3 atom stereocenters. The maximum Gasteiger partial charge on any atom is 0.171 e. The predicted molar refractivity (Wildman–Crippen MR) is 137 cm³/mol. The van der Waals surface area contributed by atoms with Crippen molar-refractivity contribution in [2.45, 2.75) is 45.0 Å². The number of methoxy groups -OCH3 is 1. The smallest absolute Gasteiger partial charge is 0.171 e. The first kappa shape index (κ1) is 26.4. The molecule has 0 fully saturated rings. The number of aliphatic hydroxyl groups is 2. The third-order valence-electron chi connectivity index (χ3n) is 5.42. The minimum atomic E-state index is -0.830. The quantitative estimate of drug-likeness (QED) is 0.232. The number of halogens is 1. The second-order valence-electron chi connectivity index (χ2n) is 7.70. The summed E-state index contributed by atoms with van der Waals surface area (Å²) in [5.74, 6) is 0.0959. The van der Waals surface area contributed by atoms with Crippen molar-refractivity contribution >= 4 is 28.7 Å². The van der Waals surface area contributed by atoms with Crippen LogP contribution in [0.3, 0.4) is 0 Å². The van der Waals surface area contributed by atoms with Crippen molar-refractivity contribution in [3.05, 3.63) is 75.4 Å². The van der Waals surface area contributed by atoms with Crippen molar-refractivity contribution in [1.29, 1.82) is 0 Å². The molecule has 2 rings (SSSR count). The van der Waals surface area contributed by atoms with Gasteiger partial charge < -0.3 is 24.8 Å². The fourth-order valence-electron chi connectivity index (χ4n) is 3.50. The molecule has 0 saturated carbocycles. The highest BCUT2D eigenvalue weighted by Gasteiger charge is 2.24. The van der Waals surface area contributed by atoms with Crippen molar-refractivity contribution in [3.8, 4) is 11.5 Å². The van der Waals surface area contributed by atoms with E-state index in [9.17, 15) is 15.3 Å². The first-order valence-electron chi connectivity index (χ1n) is 10.8. The Morgan fingerprint density at radius 1 is 1.16 bits per heavy atom. The zero-order valence-electron chi connectivity index (χ0n) is 18.7. The minimum absolute atomic E-state index is 0.130. The number of ether oxygens (including phenoxy) is 2. The van der Waals surface area contributed by atoms with E-state index in [1.54, 1.807) is 12.1 Å². The number of hydrogen-bond acceptors (Lipinski definition) is 5. The lowest BCUT2D eigenvalue weighted by Crippen LogP contribution is -2.33. The molecule has 3 N–H and O–H groups in total. The van der Waals surface area contributed by atoms with Gasteiger partial charge in [0.1, 0.15) is 0 Å². The van der Waals surface area contributed by atoms with Crippen molar-refractivity contribution in [3.63, 3.8) is 0 Å². The summed E-state index contributed by atoms with van der Waals surface area (Å²) in [5, 5.41) is 31.2. The minimum Gasteiger partial charge on any atom is -0.504 e. The van der Waals surface area contributed by atoms with Crippen LogP contribution in [-0.4, -0.2) is 41.2 Å². The van der Waals surface area contributed by atoms with Crippen LogP contribution in [0.1, 0.15) is 37.3 Å². The Morgan fingerprint density at radius 2 is 1.88 bits per heavy atom. The molecule has 0 aliphatic carbocycles. The summed E-state index contributed by atoms with van der Waals surface area (Å²) in [6.45, 7) is 6.40. The SMILES string of the molecule is C=C[C@H]([C@H](O)CC/C(=C/c1cc(I)c(O)c(OC)c1)CC)[C@H](O)COCc1ccccc1. The van der Waals surface area contributed by atoms with E-state index < -0.39 is 18.1 Å². The highest BCUT2D eigenvalue weighted by Crippen LogP contribution is 2.33. The molecule has 0 bridgehead atoms. The Morgan fingerprint density at radius 3 is 2.50 bits per heavy atom. The molecule has 2 aromatic rings. The van der Waals surface area contributed by atoms with Gasteiger partial charge in [-0.2, -0.15) is 0 Å². The Hall–Kier alpha value is -1.87. The van der Waals surface area contributed by atoms with Crippen LogP contribution in [0.25, 0.3) is 6.08 Å². The lowest BCUT2D eigenvalue weighted by molar-refractivity contribution is -0.0273. The van der Waals surface area contributed by atoms with Gasteiger partial charge in [0, 0.05) is 5.92 Å². The summed E-state index contributed by atoms with van der Waals surface area (Å²) in [6, 6.07) is 13.5. The largest absolute Gasteiger partial charge is 0.504 e. The van der Waals surface area contributed by atoms with E-state index in [0.717, 1.165) is 23.1 Å². The van der Waals surface area contributed by atoms with E-state index in [1.807, 2.05) is 36.4 Å². The molecule has 0 unspecified atom stereocenters. The highest BCUT2D eigenvalue weighted by molar-refractivity contribution is 14.1. The number of hydrogen-bond donors (Lipinski definition) is 3. The fraction of sp³-hybridized carbons (Fsp3) is 0.385. The monoisotopic (exact) mass is 552 g/mol. The molecule has 0 amide bonds. The third-order valence-corrected chi connectivity index (χ3v) is 6.24. The van der Waals surface area contributed by atoms with Crippen LogP contribution < -0.4 is 4.74 Å². The molecular weight excluding hydrogens is 519 g/mol. The van der Waals surface area contributed by atoms with E-state index in [-0.39, 0.29) is 12.4 Å². The van der Waals surface area contributed by atoms with Gasteiger partial charge in [0.25, 0.3) is 0 Å². The van der Waals surface area contributed by atoms with Gasteiger partial charge in [-0.15, -0.1) is 6.58 Å². The lowest BCUT2D eigenvalue weighted by atomic mass is 9.91. The number of benzene rings is 2. The van der Waals surface area contributed by atoms with Crippen molar-refractivity contribution in [1.82, 2.24) is 0 Å². The zero-order chi connectivity index (χ0) is 23.5. The van der Waals surface area contributed by atoms with Gasteiger partial charge in [-0.3, -0.25) is 0 Å². The summed E-state index contributed by atoms with van der Waals surface area (Å²) >= 11 is 2.08. The number of phenols is 1. The van der Waals surface area contributed by atoms with E-state index in [1.165, 1.54) is 7.11 Å². The van der Waals surface area contributed by atoms with E-state index in [4.69, 9.17) is 9.47 Å². The van der Waals surface area contributed by atoms with Crippen molar-refractivity contribution in [2.24, 2.45) is 5.92 Å². The second kappa shape index (κ2) is 13.6. The summed E-state index contributed by atoms with van der Waals surface area (Å²) in [7, 11) is 1.53. The van der Waals surface area contributed by atoms with Crippen LogP contribution in [0.2, 0.25) is 0 Å². The van der Waals surface area contributed by atoms with Crippen LogP contribution in [0, 0.1) is 9.49 Å². The molecule has 174 valence electrons. The summed E-state index contributed by atoms with van der Waals surface area (Å²) < 4.78 is 11.6. The Labute approximate surface area is 204 Å². The van der Waals surface area contributed by atoms with Crippen LogP contribution >= 0.6 is 22.6 Å². The van der Waals surface area contributed by atoms with Gasteiger partial charge >= 0.3 is 0 Å². The highest BCUT2D eigenvalue weighted by atomic mass is 127. The zero-order valence-corrected chi connectivity index (χ0v) is 20.9. The average Bonchev–Trinajstić information content (AvgIpc) is 2.79. The molecule has 0 saturated heterocycles. The van der Waals surface area contributed by atoms with Gasteiger partial charge in [-0.1, -0.05) is 55.0 Å². The molecule has 6 heteroatoms. The molecule has 32 heavy (non-hydrogen) atoms. The van der Waals surface area contributed by atoms with E-state index in [2.05, 4.69) is 42.2 Å². The summed E-state index contributed by atoms with van der Waals surface area (Å²) in [6.07, 6.45) is 4.10. The van der Waals surface area contributed by atoms with Crippen LogP contribution in [-0.2, 0) is 11.3 Å². The topological polar surface area (TPSA) is 79.2 Å². The first-order chi connectivity index (χ1) is 15.4. The van der Waals surface area contributed by atoms with Crippen LogP contribution in [0.5, 0.6) is 11.5 Å². The van der Waals surface area contributed by atoms with Crippen molar-refractivity contribution < 1.29 is 24.8 Å². The number of rotatable bonds is 13. The Kier molecular flexibility index (Phi) is 11.2. The number of aromatic hydroxyl groups is 1. The Balaban J connectivity index is 1.93. The predicted octanol–water partition coefficient (Wildman–Crippen LogP) is 5.32. The molecule has 0 spiro atoms. The maximum absolute atomic E-state index is 10.7. The Bertz CT molecular complexity index is 881. The number of aliphatic hydroxyl groups excluding tert-OH is 2. The molecular formula is C26H33IO5. The van der Waals surface area contributed by atoms with Gasteiger partial charge in [0.05, 0.1) is 36.1 Å². The first-order valence-corrected chi connectivity index (χ1v) is 11.8. The standard InChI is InChI=1S/C26H33IO5/c1-4-18(13-20-14-22(27)26(30)25(15-20)31-3)11-12-23(28)21(5-2)24(29)17-32-16-19-9-7-6-8-10-19/h5-10,13-15,21,23-24,28-30H,2,4,11-12,16-17H2,1,3H3/b18-13+/t21-,23-,24-/m1/s1. The molecule has 0 heterocycles. The molecule has 0 aromatic heterocycles. The number of allylic oxidation sites excluding steroid dienone is 1. The maximum atomic E-state index is 10.7. The lowest BCUT2D eigenvalue weighted by Gasteiger charge is -2.25. The molecule has 0 aliphatic heterocycles. The van der Waals surface area contributed by atoms with Crippen molar-refractivity contribution in [2.75, 3.05) is 13.7 Å². The van der Waals surface area contributed by atoms with E-state index >= 15 is 0 Å². The van der Waals surface area contributed by atoms with E-state index in [0.29, 0.717) is 28.8 Å². The summed E-state index contributed by atoms with van der Waals surface area (Å²) in [4.78, 5) is 0. The molecule has 5 nitrogen and oxygen atoms in total. The van der Waals surface area contributed by atoms with Gasteiger partial charge in [0.2, 0.25) is 0 Å². The second-order valence-corrected chi connectivity index (χ2v) is 8.86. The van der Waals surface area contributed by atoms with Crippen LogP contribution in [0.4, 0.5) is 0 Å². The van der Waals surface area contributed by atoms with Gasteiger partial charge in [-0.05, 0) is 65.1 Å². The molecule has 0 radical (unpaired) electrons. The fourth-order valence-corrected chi connectivity index (χ4v) is 4.12. The van der Waals surface area contributed by atoms with Gasteiger partial charge in [0.15, 0.2) is 11.5 Å². The van der Waals surface area contributed by atoms with Crippen LogP contribution in [0.15, 0.2) is 60.7 Å². The third kappa shape index (κ3) is 7.92. The number of phenolic OH excluding ortho intramolecular Hbond substituents is 1.